The number of amides is 1. The van der Waals surface area contributed by atoms with Crippen molar-refractivity contribution in [1.29, 1.82) is 0 Å². The number of fused-ring (bicyclic) bond motifs is 1. The van der Waals surface area contributed by atoms with Crippen LogP contribution in [-0.4, -0.2) is 55.3 Å². The van der Waals surface area contributed by atoms with Gasteiger partial charge >= 0.3 is 0 Å². The first-order chi connectivity index (χ1) is 10.9. The highest BCUT2D eigenvalue weighted by Gasteiger charge is 2.29. The normalized spacial score (nSPS) is 20.2. The molecule has 1 N–H and O–H groups in total. The summed E-state index contributed by atoms with van der Waals surface area (Å²) < 4.78 is 23.9. The van der Waals surface area contributed by atoms with Crippen LogP contribution >= 0.6 is 11.3 Å². The minimum Gasteiger partial charge on any atom is -0.351 e. The Morgan fingerprint density at radius 2 is 2.22 bits per heavy atom. The number of aromatic nitrogens is 1. The molecule has 1 aromatic heterocycles. The van der Waals surface area contributed by atoms with Gasteiger partial charge in [0, 0.05) is 6.04 Å². The molecule has 3 rings (SSSR count). The highest BCUT2D eigenvalue weighted by molar-refractivity contribution is 7.91. The second-order valence-corrected chi connectivity index (χ2v) is 9.26. The van der Waals surface area contributed by atoms with Gasteiger partial charge in [-0.15, -0.1) is 11.3 Å². The summed E-state index contributed by atoms with van der Waals surface area (Å²) >= 11 is 1.62. The highest BCUT2D eigenvalue weighted by atomic mass is 32.2. The van der Waals surface area contributed by atoms with E-state index in [1.165, 1.54) is 0 Å². The van der Waals surface area contributed by atoms with Crippen LogP contribution in [0.5, 0.6) is 0 Å². The molecule has 1 atom stereocenters. The van der Waals surface area contributed by atoms with Gasteiger partial charge in [0.05, 0.1) is 34.8 Å². The van der Waals surface area contributed by atoms with Gasteiger partial charge in [-0.3, -0.25) is 9.69 Å². The van der Waals surface area contributed by atoms with Crippen LogP contribution in [0.1, 0.15) is 11.4 Å². The van der Waals surface area contributed by atoms with E-state index in [2.05, 4.69) is 10.3 Å². The molecule has 1 fully saturated rings. The predicted molar refractivity (Wildman–Crippen MR) is 91.2 cm³/mol. The van der Waals surface area contributed by atoms with Crippen LogP contribution < -0.4 is 5.32 Å². The number of nitrogens with zero attached hydrogens (tertiary/aromatic N) is 2. The number of carbonyl (C=O) groups is 1. The standard InChI is InChI=1S/C15H19N3O3S2/c1-18(8-14(19)16-11-6-7-23(20,21)10-11)9-15-17-12-4-2-3-5-13(12)22-15/h2-5,11H,6-10H2,1H3,(H,16,19)/t11-/m1/s1. The van der Waals surface area contributed by atoms with Crippen LogP contribution in [-0.2, 0) is 21.2 Å². The minimum atomic E-state index is -2.97. The van der Waals surface area contributed by atoms with Crippen molar-refractivity contribution in [3.8, 4) is 0 Å². The third-order valence-corrected chi connectivity index (χ3v) is 6.54. The third kappa shape index (κ3) is 4.27. The summed E-state index contributed by atoms with van der Waals surface area (Å²) in [7, 11) is -1.11. The molecule has 8 heteroatoms. The monoisotopic (exact) mass is 353 g/mol. The molecule has 0 spiro atoms. The lowest BCUT2D eigenvalue weighted by Gasteiger charge is -2.16. The van der Waals surface area contributed by atoms with Gasteiger partial charge in [-0.05, 0) is 25.6 Å². The number of hydrogen-bond donors (Lipinski definition) is 1. The Morgan fingerprint density at radius 3 is 2.91 bits per heavy atom. The zero-order chi connectivity index (χ0) is 16.4. The van der Waals surface area contributed by atoms with Crippen LogP contribution in [0.4, 0.5) is 0 Å². The largest absolute Gasteiger partial charge is 0.351 e. The van der Waals surface area contributed by atoms with Crippen molar-refractivity contribution < 1.29 is 13.2 Å². The number of benzene rings is 1. The molecule has 1 aromatic carbocycles. The topological polar surface area (TPSA) is 79.4 Å². The number of hydrogen-bond acceptors (Lipinski definition) is 6. The van der Waals surface area contributed by atoms with Gasteiger partial charge in [-0.1, -0.05) is 12.1 Å². The van der Waals surface area contributed by atoms with E-state index in [0.29, 0.717) is 13.0 Å². The Morgan fingerprint density at radius 1 is 1.43 bits per heavy atom. The zero-order valence-electron chi connectivity index (χ0n) is 12.9. The summed E-state index contributed by atoms with van der Waals surface area (Å²) in [5, 5.41) is 3.76. The van der Waals surface area contributed by atoms with Crippen LogP contribution in [0.3, 0.4) is 0 Å². The number of nitrogens with one attached hydrogen (secondary N) is 1. The molecule has 6 nitrogen and oxygen atoms in total. The van der Waals surface area contributed by atoms with Crippen LogP contribution in [0, 0.1) is 0 Å². The summed E-state index contributed by atoms with van der Waals surface area (Å²) in [5.41, 5.74) is 0.974. The minimum absolute atomic E-state index is 0.0559. The number of rotatable bonds is 5. The first-order valence-corrected chi connectivity index (χ1v) is 10.1. The fourth-order valence-electron chi connectivity index (χ4n) is 2.70. The number of sulfone groups is 1. The smallest absolute Gasteiger partial charge is 0.234 e. The van der Waals surface area contributed by atoms with Crippen molar-refractivity contribution in [2.45, 2.75) is 19.0 Å². The lowest BCUT2D eigenvalue weighted by atomic mass is 10.2. The first kappa shape index (κ1) is 16.4. The van der Waals surface area contributed by atoms with Gasteiger partial charge in [0.1, 0.15) is 5.01 Å². The molecule has 0 unspecified atom stereocenters. The van der Waals surface area contributed by atoms with Gasteiger partial charge in [0.15, 0.2) is 9.84 Å². The van der Waals surface area contributed by atoms with E-state index in [1.807, 2.05) is 36.2 Å². The molecule has 1 saturated heterocycles. The van der Waals surface area contributed by atoms with E-state index in [4.69, 9.17) is 0 Å². The highest BCUT2D eigenvalue weighted by Crippen LogP contribution is 2.22. The van der Waals surface area contributed by atoms with E-state index in [1.54, 1.807) is 11.3 Å². The van der Waals surface area contributed by atoms with Gasteiger partial charge in [0.25, 0.3) is 0 Å². The zero-order valence-corrected chi connectivity index (χ0v) is 14.5. The van der Waals surface area contributed by atoms with Gasteiger partial charge in [-0.25, -0.2) is 13.4 Å². The van der Waals surface area contributed by atoms with Crippen molar-refractivity contribution >= 4 is 37.3 Å². The van der Waals surface area contributed by atoms with Gasteiger partial charge in [0.2, 0.25) is 5.91 Å². The Hall–Kier alpha value is -1.51. The van der Waals surface area contributed by atoms with Crippen molar-refractivity contribution in [2.24, 2.45) is 0 Å². The molecule has 1 aliphatic heterocycles. The molecule has 0 aliphatic carbocycles. The quantitative estimate of drug-likeness (QED) is 0.869. The predicted octanol–water partition coefficient (Wildman–Crippen LogP) is 1.03. The molecule has 2 heterocycles. The molecule has 0 bridgehead atoms. The number of para-hydroxylation sites is 1. The Balaban J connectivity index is 1.52. The molecule has 23 heavy (non-hydrogen) atoms. The average molecular weight is 353 g/mol. The number of likely N-dealkylation sites (N-methyl/N-ethyl adjacent to an activating group) is 1. The van der Waals surface area contributed by atoms with Gasteiger partial charge < -0.3 is 5.32 Å². The van der Waals surface area contributed by atoms with E-state index < -0.39 is 9.84 Å². The van der Waals surface area contributed by atoms with Crippen molar-refractivity contribution in [1.82, 2.24) is 15.2 Å². The van der Waals surface area contributed by atoms with E-state index in [9.17, 15) is 13.2 Å². The molecule has 0 radical (unpaired) electrons. The summed E-state index contributed by atoms with van der Waals surface area (Å²) in [6.45, 7) is 0.822. The maximum atomic E-state index is 12.0. The van der Waals surface area contributed by atoms with Crippen LogP contribution in [0.2, 0.25) is 0 Å². The number of carbonyl (C=O) groups excluding carboxylic acids is 1. The SMILES string of the molecule is CN(CC(=O)N[C@@H]1CCS(=O)(=O)C1)Cc1nc2ccccc2s1. The summed E-state index contributed by atoms with van der Waals surface area (Å²) in [5.74, 6) is 0.0792. The average Bonchev–Trinajstić information content (AvgIpc) is 3.00. The lowest BCUT2D eigenvalue weighted by molar-refractivity contribution is -0.122. The fraction of sp³-hybridized carbons (Fsp3) is 0.467. The lowest BCUT2D eigenvalue weighted by Crippen LogP contribution is -2.41. The fourth-order valence-corrected chi connectivity index (χ4v) is 5.42. The molecule has 1 aliphatic rings. The Kier molecular flexibility index (Phi) is 4.65. The molecule has 2 aromatic rings. The second kappa shape index (κ2) is 6.54. The van der Waals surface area contributed by atoms with Crippen LogP contribution in [0.25, 0.3) is 10.2 Å². The van der Waals surface area contributed by atoms with E-state index in [-0.39, 0.29) is 30.0 Å². The van der Waals surface area contributed by atoms with E-state index in [0.717, 1.165) is 15.2 Å². The first-order valence-electron chi connectivity index (χ1n) is 7.44. The third-order valence-electron chi connectivity index (χ3n) is 3.75. The maximum absolute atomic E-state index is 12.0. The van der Waals surface area contributed by atoms with Gasteiger partial charge in [-0.2, -0.15) is 0 Å². The molecule has 0 saturated carbocycles. The summed E-state index contributed by atoms with van der Waals surface area (Å²) in [6.07, 6.45) is 0.510. The van der Waals surface area contributed by atoms with Crippen molar-refractivity contribution in [2.75, 3.05) is 25.1 Å². The molecule has 124 valence electrons. The molecular weight excluding hydrogens is 334 g/mol. The Labute approximate surface area is 139 Å². The molecule has 1 amide bonds. The summed E-state index contributed by atoms with van der Waals surface area (Å²) in [4.78, 5) is 18.5. The van der Waals surface area contributed by atoms with E-state index >= 15 is 0 Å². The van der Waals surface area contributed by atoms with Crippen LogP contribution in [0.15, 0.2) is 24.3 Å². The van der Waals surface area contributed by atoms with Crippen molar-refractivity contribution in [3.05, 3.63) is 29.3 Å². The summed E-state index contributed by atoms with van der Waals surface area (Å²) in [6, 6.07) is 7.70. The Bertz CT molecular complexity index is 783. The maximum Gasteiger partial charge on any atom is 0.234 e. The number of thiazole rings is 1. The second-order valence-electron chi connectivity index (χ2n) is 5.92. The molecular formula is C15H19N3O3S2. The van der Waals surface area contributed by atoms with Crippen molar-refractivity contribution in [3.63, 3.8) is 0 Å².